The second-order valence-corrected chi connectivity index (χ2v) is 4.41. The first-order valence-corrected chi connectivity index (χ1v) is 6.16. The van der Waals surface area contributed by atoms with Crippen LogP contribution in [0.1, 0.15) is 10.4 Å². The van der Waals surface area contributed by atoms with Crippen molar-refractivity contribution >= 4 is 11.6 Å². The average molecular weight is 287 g/mol. The molecule has 0 aliphatic carbocycles. The summed E-state index contributed by atoms with van der Waals surface area (Å²) in [5.41, 5.74) is 4.47. The Kier molecular flexibility index (Phi) is 6.33. The molecule has 1 rings (SSSR count). The maximum absolute atomic E-state index is 13.2. The smallest absolute Gasteiger partial charge is 0.251 e. The lowest BCUT2D eigenvalue weighted by atomic mass is 10.1. The van der Waals surface area contributed by atoms with Crippen LogP contribution in [0.15, 0.2) is 12.1 Å². The minimum atomic E-state index is -0.938. The predicted octanol–water partition coefficient (Wildman–Crippen LogP) is 0.855. The van der Waals surface area contributed by atoms with E-state index in [1.54, 1.807) is 7.11 Å². The highest BCUT2D eigenvalue weighted by molar-refractivity contribution is 5.94. The van der Waals surface area contributed by atoms with Gasteiger partial charge in [0.15, 0.2) is 0 Å². The van der Waals surface area contributed by atoms with Crippen molar-refractivity contribution in [1.29, 1.82) is 0 Å². The van der Waals surface area contributed by atoms with E-state index in [4.69, 9.17) is 10.5 Å². The largest absolute Gasteiger partial charge is 0.394 e. The molecule has 0 saturated heterocycles. The molecule has 0 saturated carbocycles. The van der Waals surface area contributed by atoms with Gasteiger partial charge in [0.1, 0.15) is 17.3 Å². The lowest BCUT2D eigenvalue weighted by Gasteiger charge is -2.16. The van der Waals surface area contributed by atoms with Gasteiger partial charge in [0, 0.05) is 32.3 Å². The molecule has 0 aliphatic heterocycles. The van der Waals surface area contributed by atoms with Crippen LogP contribution in [0.2, 0.25) is 0 Å². The number of nitrogens with one attached hydrogen (secondary N) is 1. The van der Waals surface area contributed by atoms with Crippen LogP contribution in [-0.2, 0) is 4.74 Å². The fourth-order valence-corrected chi connectivity index (χ4v) is 1.54. The fourth-order valence-electron chi connectivity index (χ4n) is 1.54. The number of methoxy groups -OCH3 is 1. The normalized spacial score (nSPS) is 10.8. The summed E-state index contributed by atoms with van der Waals surface area (Å²) in [7, 11) is 3.49. The van der Waals surface area contributed by atoms with Crippen LogP contribution >= 0.6 is 0 Å². The molecule has 0 unspecified atom stereocenters. The highest BCUT2D eigenvalue weighted by atomic mass is 19.1. The number of hydrogen-bond donors (Lipinski definition) is 2. The van der Waals surface area contributed by atoms with E-state index >= 15 is 0 Å². The Morgan fingerprint density at radius 3 is 2.50 bits per heavy atom. The topological polar surface area (TPSA) is 67.6 Å². The lowest BCUT2D eigenvalue weighted by Crippen LogP contribution is -2.34. The number of amides is 1. The number of nitrogens with zero attached hydrogens (tertiary/aromatic N) is 1. The van der Waals surface area contributed by atoms with Gasteiger partial charge in [0.25, 0.3) is 5.91 Å². The molecule has 1 aromatic carbocycles. The molecule has 0 bridgehead atoms. The first kappa shape index (κ1) is 16.3. The Morgan fingerprint density at radius 2 is 1.95 bits per heavy atom. The summed E-state index contributed by atoms with van der Waals surface area (Å²) in [6.45, 7) is 2.30. The third-order valence-corrected chi connectivity index (χ3v) is 2.80. The van der Waals surface area contributed by atoms with Gasteiger partial charge in [0.2, 0.25) is 0 Å². The van der Waals surface area contributed by atoms with Gasteiger partial charge in [-0.1, -0.05) is 0 Å². The van der Waals surface area contributed by atoms with E-state index in [1.165, 1.54) is 0 Å². The third kappa shape index (κ3) is 4.75. The van der Waals surface area contributed by atoms with Gasteiger partial charge in [-0.15, -0.1) is 0 Å². The Bertz CT molecular complexity index is 446. The summed E-state index contributed by atoms with van der Waals surface area (Å²) in [5.74, 6) is -2.41. The molecule has 0 spiro atoms. The van der Waals surface area contributed by atoms with Crippen molar-refractivity contribution in [2.75, 3.05) is 46.1 Å². The van der Waals surface area contributed by atoms with Crippen LogP contribution in [0.4, 0.5) is 14.5 Å². The summed E-state index contributed by atoms with van der Waals surface area (Å²) in [6, 6.07) is 1.84. The Balaban J connectivity index is 2.47. The van der Waals surface area contributed by atoms with Gasteiger partial charge in [-0.2, -0.15) is 0 Å². The summed E-state index contributed by atoms with van der Waals surface area (Å²) >= 11 is 0. The van der Waals surface area contributed by atoms with Crippen molar-refractivity contribution < 1.29 is 18.3 Å². The van der Waals surface area contributed by atoms with Gasteiger partial charge in [-0.05, 0) is 19.2 Å². The lowest BCUT2D eigenvalue weighted by molar-refractivity contribution is 0.0946. The van der Waals surface area contributed by atoms with Gasteiger partial charge in [-0.3, -0.25) is 4.79 Å². The minimum absolute atomic E-state index is 0.0891. The van der Waals surface area contributed by atoms with E-state index in [-0.39, 0.29) is 5.56 Å². The van der Waals surface area contributed by atoms with Crippen LogP contribution in [0, 0.1) is 11.6 Å². The number of carbonyl (C=O) groups is 1. The van der Waals surface area contributed by atoms with Gasteiger partial charge >= 0.3 is 0 Å². The Labute approximate surface area is 116 Å². The standard InChI is InChI=1S/C13H19F2N3O2/c1-18(5-6-20-2)4-3-17-13(19)9-7-10(14)12(16)11(15)8-9/h7-8H,3-6,16H2,1-2H3,(H,17,19). The molecule has 0 aliphatic rings. The van der Waals surface area contributed by atoms with E-state index in [0.717, 1.165) is 18.7 Å². The molecule has 1 amide bonds. The number of ether oxygens (including phenoxy) is 1. The first-order chi connectivity index (χ1) is 9.45. The number of anilines is 1. The molecule has 0 radical (unpaired) electrons. The van der Waals surface area contributed by atoms with Crippen LogP contribution in [0.5, 0.6) is 0 Å². The zero-order chi connectivity index (χ0) is 15.1. The van der Waals surface area contributed by atoms with E-state index in [0.29, 0.717) is 19.7 Å². The number of hydrogen-bond acceptors (Lipinski definition) is 4. The molecule has 0 aromatic heterocycles. The number of halogens is 2. The molecule has 0 heterocycles. The number of nitrogen functional groups attached to an aromatic ring is 1. The van der Waals surface area contributed by atoms with Crippen molar-refractivity contribution in [3.8, 4) is 0 Å². The third-order valence-electron chi connectivity index (χ3n) is 2.80. The fraction of sp³-hybridized carbons (Fsp3) is 0.462. The quantitative estimate of drug-likeness (QED) is 0.730. The van der Waals surface area contributed by atoms with E-state index < -0.39 is 23.2 Å². The van der Waals surface area contributed by atoms with Crippen molar-refractivity contribution in [2.24, 2.45) is 0 Å². The number of carbonyl (C=O) groups excluding carboxylic acids is 1. The second kappa shape index (κ2) is 7.76. The molecule has 0 fully saturated rings. The van der Waals surface area contributed by atoms with Crippen molar-refractivity contribution in [2.45, 2.75) is 0 Å². The van der Waals surface area contributed by atoms with Crippen LogP contribution in [0.3, 0.4) is 0 Å². The predicted molar refractivity (Wildman–Crippen MR) is 72.5 cm³/mol. The number of rotatable bonds is 7. The highest BCUT2D eigenvalue weighted by Crippen LogP contribution is 2.16. The van der Waals surface area contributed by atoms with E-state index in [2.05, 4.69) is 5.32 Å². The molecule has 7 heteroatoms. The highest BCUT2D eigenvalue weighted by Gasteiger charge is 2.12. The Morgan fingerprint density at radius 1 is 1.35 bits per heavy atom. The summed E-state index contributed by atoms with van der Waals surface area (Å²) in [5, 5.41) is 2.58. The number of benzene rings is 1. The van der Waals surface area contributed by atoms with Gasteiger partial charge in [0.05, 0.1) is 6.61 Å². The van der Waals surface area contributed by atoms with Crippen LogP contribution < -0.4 is 11.1 Å². The van der Waals surface area contributed by atoms with E-state index in [1.807, 2.05) is 11.9 Å². The SMILES string of the molecule is COCCN(C)CCNC(=O)c1cc(F)c(N)c(F)c1. The molecule has 112 valence electrons. The summed E-state index contributed by atoms with van der Waals surface area (Å²) in [6.07, 6.45) is 0. The van der Waals surface area contributed by atoms with Crippen molar-refractivity contribution in [1.82, 2.24) is 10.2 Å². The zero-order valence-corrected chi connectivity index (χ0v) is 11.6. The second-order valence-electron chi connectivity index (χ2n) is 4.41. The molecular weight excluding hydrogens is 268 g/mol. The summed E-state index contributed by atoms with van der Waals surface area (Å²) < 4.78 is 31.4. The molecule has 3 N–H and O–H groups in total. The maximum atomic E-state index is 13.2. The number of nitrogens with two attached hydrogens (primary N) is 1. The molecule has 20 heavy (non-hydrogen) atoms. The molecular formula is C13H19F2N3O2. The average Bonchev–Trinajstić information content (AvgIpc) is 2.41. The van der Waals surface area contributed by atoms with Gasteiger partial charge < -0.3 is 20.7 Å². The molecule has 1 aromatic rings. The van der Waals surface area contributed by atoms with Crippen molar-refractivity contribution in [3.63, 3.8) is 0 Å². The monoisotopic (exact) mass is 287 g/mol. The Hall–Kier alpha value is -1.73. The minimum Gasteiger partial charge on any atom is -0.394 e. The number of likely N-dealkylation sites (N-methyl/N-ethyl adjacent to an activating group) is 1. The van der Waals surface area contributed by atoms with Crippen LogP contribution in [0.25, 0.3) is 0 Å². The molecule has 0 atom stereocenters. The first-order valence-electron chi connectivity index (χ1n) is 6.16. The maximum Gasteiger partial charge on any atom is 0.251 e. The van der Waals surface area contributed by atoms with Crippen molar-refractivity contribution in [3.05, 3.63) is 29.3 Å². The van der Waals surface area contributed by atoms with Gasteiger partial charge in [-0.25, -0.2) is 8.78 Å². The molecule has 5 nitrogen and oxygen atoms in total. The zero-order valence-electron chi connectivity index (χ0n) is 11.6. The van der Waals surface area contributed by atoms with Crippen LogP contribution in [-0.4, -0.2) is 51.2 Å². The van der Waals surface area contributed by atoms with E-state index in [9.17, 15) is 13.6 Å². The summed E-state index contributed by atoms with van der Waals surface area (Å²) in [4.78, 5) is 13.7.